The lowest BCUT2D eigenvalue weighted by Crippen LogP contribution is -2.47. The Hall–Kier alpha value is -4.20. The van der Waals surface area contributed by atoms with Crippen LogP contribution < -0.4 is 9.64 Å². The number of ether oxygens (including phenoxy) is 1. The molecule has 4 heterocycles. The molecule has 0 saturated carbocycles. The number of hydrogen-bond acceptors (Lipinski definition) is 7. The van der Waals surface area contributed by atoms with Crippen LogP contribution in [0.4, 0.5) is 5.82 Å². The van der Waals surface area contributed by atoms with Gasteiger partial charge in [0.2, 0.25) is 0 Å². The summed E-state index contributed by atoms with van der Waals surface area (Å²) in [6, 6.07) is 16.8. The maximum absolute atomic E-state index is 13.6. The second-order valence-corrected chi connectivity index (χ2v) is 8.17. The van der Waals surface area contributed by atoms with Crippen LogP contribution in [0.15, 0.2) is 78.9 Å². The first-order chi connectivity index (χ1) is 16.7. The third-order valence-corrected chi connectivity index (χ3v) is 6.18. The van der Waals surface area contributed by atoms with Crippen LogP contribution in [0.25, 0.3) is 5.57 Å². The molecule has 1 saturated heterocycles. The Morgan fingerprint density at radius 1 is 0.824 bits per heavy atom. The highest BCUT2D eigenvalue weighted by molar-refractivity contribution is 6.35. The number of rotatable bonds is 6. The smallest absolute Gasteiger partial charge is 0.278 e. The van der Waals surface area contributed by atoms with Crippen LogP contribution in [0.3, 0.4) is 0 Å². The van der Waals surface area contributed by atoms with E-state index < -0.39 is 0 Å². The summed E-state index contributed by atoms with van der Waals surface area (Å²) in [5.74, 6) is 1.06. The molecule has 2 aliphatic rings. The second kappa shape index (κ2) is 9.35. The van der Waals surface area contributed by atoms with Crippen molar-refractivity contribution in [1.82, 2.24) is 19.8 Å². The van der Waals surface area contributed by atoms with Crippen LogP contribution in [0.5, 0.6) is 5.75 Å². The van der Waals surface area contributed by atoms with Gasteiger partial charge >= 0.3 is 0 Å². The maximum Gasteiger partial charge on any atom is 0.278 e. The molecule has 8 nitrogen and oxygen atoms in total. The van der Waals surface area contributed by atoms with Gasteiger partial charge in [-0.05, 0) is 47.5 Å². The van der Waals surface area contributed by atoms with Crippen molar-refractivity contribution >= 4 is 23.2 Å². The van der Waals surface area contributed by atoms with E-state index in [1.165, 1.54) is 4.90 Å². The van der Waals surface area contributed by atoms with Gasteiger partial charge in [0.05, 0.1) is 19.2 Å². The Morgan fingerprint density at radius 2 is 1.53 bits per heavy atom. The average Bonchev–Trinajstić information content (AvgIpc) is 3.15. The van der Waals surface area contributed by atoms with E-state index in [9.17, 15) is 9.59 Å². The highest BCUT2D eigenvalue weighted by Gasteiger charge is 2.42. The summed E-state index contributed by atoms with van der Waals surface area (Å²) >= 11 is 0. The highest BCUT2D eigenvalue weighted by Crippen LogP contribution is 2.34. The molecule has 0 radical (unpaired) electrons. The Bertz CT molecular complexity index is 1200. The standard InChI is InChI=1S/C26H25N5O3/c1-34-21-7-5-20(6-8-21)23-24(26(33)31(25(23)32)18-19-9-12-27-13-10-19)30-16-14-29(15-17-30)22-4-2-3-11-28-22/h2-13H,14-18H2,1H3. The van der Waals surface area contributed by atoms with Crippen molar-refractivity contribution in [2.45, 2.75) is 6.54 Å². The third kappa shape index (κ3) is 4.10. The minimum atomic E-state index is -0.283. The summed E-state index contributed by atoms with van der Waals surface area (Å²) in [6.07, 6.45) is 5.11. The largest absolute Gasteiger partial charge is 0.497 e. The quantitative estimate of drug-likeness (QED) is 0.529. The molecular weight excluding hydrogens is 430 g/mol. The molecule has 1 aromatic carbocycles. The highest BCUT2D eigenvalue weighted by atomic mass is 16.5. The monoisotopic (exact) mass is 455 g/mol. The number of carbonyl (C=O) groups is 2. The molecule has 2 aliphatic heterocycles. The first-order valence-corrected chi connectivity index (χ1v) is 11.2. The summed E-state index contributed by atoms with van der Waals surface area (Å²) in [7, 11) is 1.60. The number of hydrogen-bond donors (Lipinski definition) is 0. The number of amides is 2. The van der Waals surface area contributed by atoms with Crippen molar-refractivity contribution in [1.29, 1.82) is 0 Å². The summed E-state index contributed by atoms with van der Waals surface area (Å²) in [6.45, 7) is 2.86. The van der Waals surface area contributed by atoms with E-state index in [0.29, 0.717) is 48.8 Å². The summed E-state index contributed by atoms with van der Waals surface area (Å²) < 4.78 is 5.27. The zero-order valence-corrected chi connectivity index (χ0v) is 18.9. The van der Waals surface area contributed by atoms with Crippen molar-refractivity contribution in [2.24, 2.45) is 0 Å². The fourth-order valence-electron chi connectivity index (χ4n) is 4.39. The van der Waals surface area contributed by atoms with Crippen LogP contribution in [0, 0.1) is 0 Å². The zero-order valence-electron chi connectivity index (χ0n) is 18.9. The first kappa shape index (κ1) is 21.6. The van der Waals surface area contributed by atoms with E-state index in [4.69, 9.17) is 4.74 Å². The summed E-state index contributed by atoms with van der Waals surface area (Å²) in [5.41, 5.74) is 2.46. The van der Waals surface area contributed by atoms with Crippen LogP contribution in [-0.4, -0.2) is 64.9 Å². The van der Waals surface area contributed by atoms with Crippen molar-refractivity contribution in [2.75, 3.05) is 38.2 Å². The number of anilines is 1. The predicted molar refractivity (Wildman–Crippen MR) is 128 cm³/mol. The van der Waals surface area contributed by atoms with Crippen molar-refractivity contribution in [3.05, 3.63) is 90.0 Å². The molecular formula is C26H25N5O3. The van der Waals surface area contributed by atoms with E-state index in [0.717, 1.165) is 11.4 Å². The number of nitrogens with zero attached hydrogens (tertiary/aromatic N) is 5. The fraction of sp³-hybridized carbons (Fsp3) is 0.231. The van der Waals surface area contributed by atoms with Gasteiger partial charge in [0.1, 0.15) is 17.3 Å². The van der Waals surface area contributed by atoms with Crippen LogP contribution in [0.1, 0.15) is 11.1 Å². The summed E-state index contributed by atoms with van der Waals surface area (Å²) in [5, 5.41) is 0. The van der Waals surface area contributed by atoms with Gasteiger partial charge in [-0.3, -0.25) is 19.5 Å². The summed E-state index contributed by atoms with van der Waals surface area (Å²) in [4.78, 5) is 41.2. The number of pyridine rings is 2. The molecule has 2 amide bonds. The van der Waals surface area contributed by atoms with Crippen molar-refractivity contribution < 1.29 is 14.3 Å². The third-order valence-electron chi connectivity index (χ3n) is 6.18. The van der Waals surface area contributed by atoms with Gasteiger partial charge in [0, 0.05) is 44.8 Å². The Kier molecular flexibility index (Phi) is 5.95. The van der Waals surface area contributed by atoms with E-state index >= 15 is 0 Å². The molecule has 1 fully saturated rings. The number of imide groups is 1. The molecule has 0 aliphatic carbocycles. The molecule has 2 aromatic heterocycles. The second-order valence-electron chi connectivity index (χ2n) is 8.17. The molecule has 8 heteroatoms. The number of carbonyl (C=O) groups excluding carboxylic acids is 2. The molecule has 0 atom stereocenters. The lowest BCUT2D eigenvalue weighted by Gasteiger charge is -2.37. The Balaban J connectivity index is 1.45. The molecule has 5 rings (SSSR count). The minimum absolute atomic E-state index is 0.206. The van der Waals surface area contributed by atoms with Crippen LogP contribution in [0.2, 0.25) is 0 Å². The molecule has 0 bridgehead atoms. The van der Waals surface area contributed by atoms with Gasteiger partial charge in [-0.25, -0.2) is 4.98 Å². The van der Waals surface area contributed by atoms with Gasteiger partial charge in [0.25, 0.3) is 11.8 Å². The maximum atomic E-state index is 13.6. The normalized spacial score (nSPS) is 16.4. The SMILES string of the molecule is COc1ccc(C2=C(N3CCN(c4ccccn4)CC3)C(=O)N(Cc3ccncc3)C2=O)cc1. The Labute approximate surface area is 198 Å². The van der Waals surface area contributed by atoms with E-state index in [-0.39, 0.29) is 18.4 Å². The lowest BCUT2D eigenvalue weighted by atomic mass is 10.0. The minimum Gasteiger partial charge on any atom is -0.497 e. The van der Waals surface area contributed by atoms with Gasteiger partial charge in [-0.1, -0.05) is 18.2 Å². The fourth-order valence-corrected chi connectivity index (χ4v) is 4.39. The molecule has 34 heavy (non-hydrogen) atoms. The number of piperazine rings is 1. The number of aromatic nitrogens is 2. The predicted octanol–water partition coefficient (Wildman–Crippen LogP) is 2.59. The molecule has 3 aromatic rings. The van der Waals surface area contributed by atoms with Crippen molar-refractivity contribution in [3.63, 3.8) is 0 Å². The van der Waals surface area contributed by atoms with E-state index in [2.05, 4.69) is 14.9 Å². The Morgan fingerprint density at radius 3 is 2.18 bits per heavy atom. The van der Waals surface area contributed by atoms with Gasteiger partial charge in [0.15, 0.2) is 0 Å². The topological polar surface area (TPSA) is 78.9 Å². The number of methoxy groups -OCH3 is 1. The molecule has 0 N–H and O–H groups in total. The van der Waals surface area contributed by atoms with Gasteiger partial charge < -0.3 is 14.5 Å². The van der Waals surface area contributed by atoms with Gasteiger partial charge in [-0.2, -0.15) is 0 Å². The van der Waals surface area contributed by atoms with Gasteiger partial charge in [-0.15, -0.1) is 0 Å². The molecule has 0 unspecified atom stereocenters. The van der Waals surface area contributed by atoms with Crippen LogP contribution >= 0.6 is 0 Å². The lowest BCUT2D eigenvalue weighted by molar-refractivity contribution is -0.138. The van der Waals surface area contributed by atoms with E-state index in [1.54, 1.807) is 25.7 Å². The first-order valence-electron chi connectivity index (χ1n) is 11.2. The molecule has 172 valence electrons. The average molecular weight is 456 g/mol. The number of benzene rings is 1. The van der Waals surface area contributed by atoms with Crippen molar-refractivity contribution in [3.8, 4) is 5.75 Å². The van der Waals surface area contributed by atoms with E-state index in [1.807, 2.05) is 59.5 Å². The van der Waals surface area contributed by atoms with Crippen LogP contribution in [-0.2, 0) is 16.1 Å². The zero-order chi connectivity index (χ0) is 23.5. The molecule has 0 spiro atoms.